The van der Waals surface area contributed by atoms with Crippen molar-refractivity contribution in [2.75, 3.05) is 0 Å². The molecule has 744 valence electrons. The smallest absolute Gasteiger partial charge is 0.334 e. The van der Waals surface area contributed by atoms with Crippen molar-refractivity contribution in [1.82, 2.24) is 0 Å². The second-order valence-electron chi connectivity index (χ2n) is 39.9. The highest BCUT2D eigenvalue weighted by atomic mass is 16.6. The van der Waals surface area contributed by atoms with Gasteiger partial charge >= 0.3 is 17.9 Å². The van der Waals surface area contributed by atoms with Gasteiger partial charge < -0.3 is 84.6 Å². The lowest BCUT2D eigenvalue weighted by molar-refractivity contribution is -0.140. The van der Waals surface area contributed by atoms with E-state index in [9.17, 15) is 70.6 Å². The van der Waals surface area contributed by atoms with Crippen molar-refractivity contribution < 1.29 is 99.0 Å². The fourth-order valence-corrected chi connectivity index (χ4v) is 19.6. The quantitative estimate of drug-likeness (QED) is 0.0153. The summed E-state index contributed by atoms with van der Waals surface area (Å²) in [6, 6.07) is 0. The molecule has 6 aliphatic rings. The van der Waals surface area contributed by atoms with E-state index in [1.54, 1.807) is 12.2 Å². The molecule has 0 spiro atoms. The molecule has 1 unspecified atom stereocenters. The van der Waals surface area contributed by atoms with Crippen molar-refractivity contribution in [2.45, 2.75) is 626 Å². The van der Waals surface area contributed by atoms with Crippen LogP contribution in [0.2, 0.25) is 0 Å². The van der Waals surface area contributed by atoms with Crippen molar-refractivity contribution in [1.29, 1.82) is 0 Å². The fourth-order valence-electron chi connectivity index (χ4n) is 19.6. The molecule has 0 saturated carbocycles. The Labute approximate surface area is 773 Å². The molecule has 0 aromatic heterocycles. The van der Waals surface area contributed by atoms with Crippen molar-refractivity contribution >= 4 is 17.9 Å². The molecule has 127 heavy (non-hydrogen) atoms. The number of rotatable bonds is 80. The van der Waals surface area contributed by atoms with Gasteiger partial charge in [0.05, 0.1) is 104 Å². The van der Waals surface area contributed by atoms with Crippen LogP contribution >= 0.6 is 0 Å². The summed E-state index contributed by atoms with van der Waals surface area (Å²) in [5, 5.41) is 115. The zero-order chi connectivity index (χ0) is 92.3. The third kappa shape index (κ3) is 57.5. The predicted octanol–water partition coefficient (Wildman–Crippen LogP) is 23.0. The Kier molecular flexibility index (Phi) is 69.0. The van der Waals surface area contributed by atoms with Crippen LogP contribution in [0.15, 0.2) is 34.9 Å². The van der Waals surface area contributed by atoms with E-state index in [2.05, 4.69) is 20.8 Å². The van der Waals surface area contributed by atoms with E-state index < -0.39 is 54.9 Å². The lowest BCUT2D eigenvalue weighted by atomic mass is 9.97. The number of ether oxygens (including phenoxy) is 6. The van der Waals surface area contributed by atoms with E-state index in [1.165, 1.54) is 180 Å². The first-order chi connectivity index (χ1) is 61.5. The minimum Gasteiger partial charge on any atom is -0.455 e. The molecule has 3 saturated heterocycles. The predicted molar refractivity (Wildman–Crippen MR) is 512 cm³/mol. The Bertz CT molecular complexity index is 2750. The molecule has 0 amide bonds. The number of hydrogen-bond donors (Lipinski definition) is 11. The number of esters is 3. The van der Waals surface area contributed by atoms with Gasteiger partial charge in [0.1, 0.15) is 18.3 Å². The van der Waals surface area contributed by atoms with Crippen LogP contribution in [-0.4, -0.2) is 196 Å². The number of carbonyl (C=O) groups is 3. The van der Waals surface area contributed by atoms with Crippen LogP contribution in [0, 0.1) is 0 Å². The van der Waals surface area contributed by atoms with Gasteiger partial charge in [-0.05, 0) is 180 Å². The van der Waals surface area contributed by atoms with E-state index in [-0.39, 0.29) is 85.1 Å². The second-order valence-corrected chi connectivity index (χ2v) is 39.9. The summed E-state index contributed by atoms with van der Waals surface area (Å²) >= 11 is 0. The summed E-state index contributed by atoms with van der Waals surface area (Å²) < 4.78 is 33.5. The maximum atomic E-state index is 11.7. The Balaban J connectivity index is 0.000000399. The highest BCUT2D eigenvalue weighted by molar-refractivity contribution is 5.91. The number of aliphatic hydroxyl groups excluding tert-OH is 11. The number of cyclic esters (lactones) is 3. The highest BCUT2D eigenvalue weighted by Crippen LogP contribution is 2.34. The van der Waals surface area contributed by atoms with Gasteiger partial charge in [-0.3, -0.25) is 0 Å². The first-order valence-corrected chi connectivity index (χ1v) is 53.7. The van der Waals surface area contributed by atoms with Crippen molar-refractivity contribution in [3.05, 3.63) is 34.9 Å². The molecule has 0 aromatic carbocycles. The zero-order valence-corrected chi connectivity index (χ0v) is 81.8. The first kappa shape index (κ1) is 116. The maximum Gasteiger partial charge on any atom is 0.334 e. The molecule has 0 radical (unpaired) electrons. The monoisotopic (exact) mass is 1800 g/mol. The molecule has 6 heterocycles. The summed E-state index contributed by atoms with van der Waals surface area (Å²) in [5.41, 5.74) is 2.00. The maximum absolute atomic E-state index is 11.7. The average Bonchev–Trinajstić information content (AvgIpc) is 1.74. The molecule has 0 bridgehead atoms. The second kappa shape index (κ2) is 75.3. The van der Waals surface area contributed by atoms with Gasteiger partial charge in [-0.1, -0.05) is 329 Å². The Morgan fingerprint density at radius 1 is 0.252 bits per heavy atom. The third-order valence-electron chi connectivity index (χ3n) is 27.8. The van der Waals surface area contributed by atoms with Crippen LogP contribution in [0.3, 0.4) is 0 Å². The molecule has 11 N–H and O–H groups in total. The van der Waals surface area contributed by atoms with Crippen LogP contribution in [-0.2, 0) is 42.8 Å². The molecule has 20 atom stereocenters. The fraction of sp³-hybridized carbons (Fsp3) is 0.916. The minimum absolute atomic E-state index is 0.0756. The van der Waals surface area contributed by atoms with Crippen molar-refractivity contribution in [3.8, 4) is 0 Å². The molecule has 6 rings (SSSR count). The summed E-state index contributed by atoms with van der Waals surface area (Å²) in [7, 11) is 0. The standard InChI is InChI=1S/C37H68O6.2C35H64O7/c1-3-4-5-6-7-8-9-10-11-12-16-19-25-33(39)35-27-28-36(43-35)34(40)26-21-20-24-32(38)23-18-15-13-14-17-22-31-29-30(2)42-37(31)41;1-3-4-5-6-7-8-9-10-14-17-20-31(37)32(38)22-23-33(39)34-24-21-30(42-34)19-16-13-11-12-15-18-29(36)26-28-25-27(2)41-35(28)40;1-3-4-5-6-7-8-9-10-11-15-21-31(38)33-23-24-34(42-33)32(39)22-17-16-19-29(36)18-13-12-14-20-30(37)26-28-25-27(2)41-35(28)40/h29-30,32-36,38-40H,3-28H2,1-2H3;2*25,27,29-34,36-39H,3-24,26H2,1-2H3/t30-,32+,33+,34+,35+,36+;27-,29+,30+,31+,32?,33-,34-;27-,29+,30+,31+,32+,33+,34+/m000/s1. The molecule has 0 aliphatic carbocycles. The van der Waals surface area contributed by atoms with Crippen LogP contribution in [0.25, 0.3) is 0 Å². The van der Waals surface area contributed by atoms with Crippen LogP contribution in [0.5, 0.6) is 0 Å². The average molecular weight is 1800 g/mol. The van der Waals surface area contributed by atoms with E-state index in [0.29, 0.717) is 68.9 Å². The number of carbonyl (C=O) groups excluding carboxylic acids is 3. The minimum atomic E-state index is -0.781. The van der Waals surface area contributed by atoms with E-state index in [4.69, 9.17) is 28.4 Å². The SMILES string of the molecule is CCCCCCCCCCCCCC[C@@H](O)[C@H]1CC[C@H]([C@H](O)CCCC[C@H](O)CCCCCCCC2=C[C@H](C)OC2=O)O1.CCCCCCCCCCCC[C@@H](O)C(O)CC[C@H](O)[C@@H]1CC[C@@H](CCCCCCC[C@@H](O)CC2=C[C@H](C)OC2=O)O1.CCCCCCCCCCCC[C@@H](O)[C@H]1CC[C@H]([C@H](O)CCCC[C@H](O)CCCCC[C@@H](O)CC2=C[C@H](C)OC2=O)O1. The van der Waals surface area contributed by atoms with Crippen LogP contribution in [0.4, 0.5) is 0 Å². The molecule has 0 aromatic rings. The van der Waals surface area contributed by atoms with E-state index >= 15 is 0 Å². The lowest BCUT2D eigenvalue weighted by Gasteiger charge is -2.22. The molecular weight excluding hydrogens is 1610 g/mol. The zero-order valence-electron chi connectivity index (χ0n) is 81.8. The van der Waals surface area contributed by atoms with E-state index in [1.807, 2.05) is 26.8 Å². The molecule has 20 nitrogen and oxygen atoms in total. The normalized spacial score (nSPS) is 23.2. The summed E-state index contributed by atoms with van der Waals surface area (Å²) in [4.78, 5) is 34.9. The third-order valence-corrected chi connectivity index (χ3v) is 27.8. The summed E-state index contributed by atoms with van der Waals surface area (Å²) in [5.74, 6) is -0.760. The Morgan fingerprint density at radius 2 is 0.488 bits per heavy atom. The Hall–Kier alpha value is -2.93. The molecule has 3 fully saturated rings. The molecular formula is C107H196O20. The van der Waals surface area contributed by atoms with Gasteiger partial charge in [0.2, 0.25) is 0 Å². The molecule has 6 aliphatic heterocycles. The van der Waals surface area contributed by atoms with Crippen molar-refractivity contribution in [3.63, 3.8) is 0 Å². The topological polar surface area (TPSA) is 329 Å². The van der Waals surface area contributed by atoms with Gasteiger partial charge in [-0.25, -0.2) is 14.4 Å². The summed E-state index contributed by atoms with van der Waals surface area (Å²) in [6.45, 7) is 12.3. The van der Waals surface area contributed by atoms with Crippen LogP contribution in [0.1, 0.15) is 504 Å². The van der Waals surface area contributed by atoms with Crippen molar-refractivity contribution in [2.24, 2.45) is 0 Å². The number of aliphatic hydroxyl groups is 11. The van der Waals surface area contributed by atoms with Crippen LogP contribution < -0.4 is 0 Å². The number of hydrogen-bond acceptors (Lipinski definition) is 20. The van der Waals surface area contributed by atoms with E-state index in [0.717, 1.165) is 230 Å². The molecule has 20 heteroatoms. The van der Waals surface area contributed by atoms with Gasteiger partial charge in [0, 0.05) is 29.6 Å². The Morgan fingerprint density at radius 3 is 0.819 bits per heavy atom. The van der Waals surface area contributed by atoms with Gasteiger partial charge in [0.15, 0.2) is 0 Å². The van der Waals surface area contributed by atoms with Gasteiger partial charge in [0.25, 0.3) is 0 Å². The largest absolute Gasteiger partial charge is 0.455 e. The summed E-state index contributed by atoms with van der Waals surface area (Å²) in [6.07, 6.45) is 73.8. The number of unbranched alkanes of at least 4 members (excludes halogenated alkanes) is 41. The van der Waals surface area contributed by atoms with Gasteiger partial charge in [-0.15, -0.1) is 0 Å². The lowest BCUT2D eigenvalue weighted by Crippen LogP contribution is -2.31. The highest BCUT2D eigenvalue weighted by Gasteiger charge is 2.37. The first-order valence-electron chi connectivity index (χ1n) is 53.7. The van der Waals surface area contributed by atoms with Gasteiger partial charge in [-0.2, -0.15) is 0 Å².